The second kappa shape index (κ2) is 6.44. The van der Waals surface area contributed by atoms with Gasteiger partial charge in [0.1, 0.15) is 5.82 Å². The minimum atomic E-state index is 0.595. The van der Waals surface area contributed by atoms with Crippen molar-refractivity contribution in [2.24, 2.45) is 5.92 Å². The number of hydrogen-bond acceptors (Lipinski definition) is 4. The van der Waals surface area contributed by atoms with Crippen LogP contribution in [0.4, 0.5) is 0 Å². The van der Waals surface area contributed by atoms with Gasteiger partial charge in [0.05, 0.1) is 5.69 Å². The molecule has 1 aliphatic rings. The average molecular weight is 262 g/mol. The van der Waals surface area contributed by atoms with Crippen molar-refractivity contribution in [2.45, 2.75) is 52.7 Å². The van der Waals surface area contributed by atoms with E-state index in [4.69, 9.17) is 0 Å². The van der Waals surface area contributed by atoms with Crippen molar-refractivity contribution in [1.29, 1.82) is 0 Å². The van der Waals surface area contributed by atoms with Gasteiger partial charge in [-0.25, -0.2) is 9.97 Å². The van der Waals surface area contributed by atoms with Gasteiger partial charge in [-0.15, -0.1) is 0 Å². The monoisotopic (exact) mass is 262 g/mol. The number of piperazine rings is 1. The van der Waals surface area contributed by atoms with E-state index in [2.05, 4.69) is 41.0 Å². The highest BCUT2D eigenvalue weighted by molar-refractivity contribution is 5.03. The lowest BCUT2D eigenvalue weighted by molar-refractivity contribution is 0.0887. The van der Waals surface area contributed by atoms with Crippen molar-refractivity contribution in [3.63, 3.8) is 0 Å². The lowest BCUT2D eigenvalue weighted by Gasteiger charge is -2.42. The Labute approximate surface area is 116 Å². The highest BCUT2D eigenvalue weighted by Crippen LogP contribution is 2.18. The lowest BCUT2D eigenvalue weighted by atomic mass is 9.97. The highest BCUT2D eigenvalue weighted by Gasteiger charge is 2.29. The van der Waals surface area contributed by atoms with Crippen molar-refractivity contribution in [3.8, 4) is 0 Å². The molecule has 1 N–H and O–H groups in total. The normalized spacial score (nSPS) is 24.9. The van der Waals surface area contributed by atoms with E-state index >= 15 is 0 Å². The standard InChI is InChI=1S/C15H26N4/c1-5-13-9-19(15(8-17-13)11(2)3)10-14-6-7-16-12(4)18-14/h6-7,11,13,15,17H,5,8-10H2,1-4H3. The Hall–Kier alpha value is -1.00. The molecule has 0 radical (unpaired) electrons. The fourth-order valence-corrected chi connectivity index (χ4v) is 2.81. The van der Waals surface area contributed by atoms with Crippen LogP contribution in [0, 0.1) is 12.8 Å². The Bertz CT molecular complexity index is 405. The first-order chi connectivity index (χ1) is 9.10. The molecule has 4 nitrogen and oxygen atoms in total. The van der Waals surface area contributed by atoms with Crippen LogP contribution in [-0.4, -0.2) is 40.0 Å². The minimum absolute atomic E-state index is 0.595. The summed E-state index contributed by atoms with van der Waals surface area (Å²) in [6.45, 7) is 11.9. The Morgan fingerprint density at radius 3 is 2.89 bits per heavy atom. The molecule has 1 saturated heterocycles. The van der Waals surface area contributed by atoms with Crippen LogP contribution in [0.1, 0.15) is 38.7 Å². The van der Waals surface area contributed by atoms with Crippen LogP contribution in [0.2, 0.25) is 0 Å². The fraction of sp³-hybridized carbons (Fsp3) is 0.733. The number of aryl methyl sites for hydroxylation is 1. The Morgan fingerprint density at radius 1 is 1.47 bits per heavy atom. The van der Waals surface area contributed by atoms with Gasteiger partial charge in [0.15, 0.2) is 0 Å². The van der Waals surface area contributed by atoms with E-state index in [0.29, 0.717) is 18.0 Å². The molecule has 0 saturated carbocycles. The first-order valence-electron chi connectivity index (χ1n) is 7.36. The molecular formula is C15H26N4. The van der Waals surface area contributed by atoms with Gasteiger partial charge < -0.3 is 5.32 Å². The van der Waals surface area contributed by atoms with Crippen molar-refractivity contribution in [3.05, 3.63) is 23.8 Å². The molecule has 0 amide bonds. The maximum absolute atomic E-state index is 4.54. The summed E-state index contributed by atoms with van der Waals surface area (Å²) >= 11 is 0. The second-order valence-electron chi connectivity index (χ2n) is 5.85. The van der Waals surface area contributed by atoms with Crippen LogP contribution < -0.4 is 5.32 Å². The summed E-state index contributed by atoms with van der Waals surface area (Å²) in [4.78, 5) is 11.3. The molecule has 2 atom stereocenters. The Morgan fingerprint density at radius 2 is 2.26 bits per heavy atom. The molecule has 1 aromatic heterocycles. The largest absolute Gasteiger partial charge is 0.311 e. The number of nitrogens with zero attached hydrogens (tertiary/aromatic N) is 3. The van der Waals surface area contributed by atoms with E-state index < -0.39 is 0 Å². The van der Waals surface area contributed by atoms with E-state index in [9.17, 15) is 0 Å². The quantitative estimate of drug-likeness (QED) is 0.901. The van der Waals surface area contributed by atoms with Gasteiger partial charge in [-0.2, -0.15) is 0 Å². The van der Waals surface area contributed by atoms with Gasteiger partial charge in [-0.05, 0) is 25.3 Å². The summed E-state index contributed by atoms with van der Waals surface area (Å²) in [5.74, 6) is 1.52. The van der Waals surface area contributed by atoms with E-state index in [1.807, 2.05) is 19.2 Å². The molecule has 0 bridgehead atoms. The molecule has 1 aromatic rings. The summed E-state index contributed by atoms with van der Waals surface area (Å²) in [7, 11) is 0. The third kappa shape index (κ3) is 3.74. The molecular weight excluding hydrogens is 236 g/mol. The molecule has 1 aliphatic heterocycles. The summed E-state index contributed by atoms with van der Waals surface area (Å²) in [6, 6.07) is 3.24. The zero-order valence-corrected chi connectivity index (χ0v) is 12.6. The molecule has 0 aromatic carbocycles. The van der Waals surface area contributed by atoms with Gasteiger partial charge in [-0.1, -0.05) is 20.8 Å². The predicted octanol–water partition coefficient (Wildman–Crippen LogP) is 1.99. The minimum Gasteiger partial charge on any atom is -0.311 e. The molecule has 0 spiro atoms. The number of aromatic nitrogens is 2. The van der Waals surface area contributed by atoms with E-state index in [1.54, 1.807) is 0 Å². The molecule has 1 fully saturated rings. The molecule has 2 heterocycles. The van der Waals surface area contributed by atoms with Gasteiger partial charge in [0.25, 0.3) is 0 Å². The maximum atomic E-state index is 4.54. The maximum Gasteiger partial charge on any atom is 0.125 e. The zero-order valence-electron chi connectivity index (χ0n) is 12.6. The van der Waals surface area contributed by atoms with E-state index in [0.717, 1.165) is 31.2 Å². The smallest absolute Gasteiger partial charge is 0.125 e. The van der Waals surface area contributed by atoms with Crippen molar-refractivity contribution >= 4 is 0 Å². The van der Waals surface area contributed by atoms with Gasteiger partial charge >= 0.3 is 0 Å². The van der Waals surface area contributed by atoms with Crippen LogP contribution >= 0.6 is 0 Å². The summed E-state index contributed by atoms with van der Waals surface area (Å²) < 4.78 is 0. The van der Waals surface area contributed by atoms with Gasteiger partial charge in [0.2, 0.25) is 0 Å². The molecule has 2 rings (SSSR count). The SMILES string of the molecule is CCC1CN(Cc2ccnc(C)n2)C(C(C)C)CN1. The number of nitrogens with one attached hydrogen (secondary N) is 1. The van der Waals surface area contributed by atoms with Crippen molar-refractivity contribution in [1.82, 2.24) is 20.2 Å². The summed E-state index contributed by atoms with van der Waals surface area (Å²) in [6.07, 6.45) is 3.05. The second-order valence-corrected chi connectivity index (χ2v) is 5.85. The highest BCUT2D eigenvalue weighted by atomic mass is 15.2. The molecule has 19 heavy (non-hydrogen) atoms. The molecule has 2 unspecified atom stereocenters. The van der Waals surface area contributed by atoms with E-state index in [-0.39, 0.29) is 0 Å². The summed E-state index contributed by atoms with van der Waals surface area (Å²) in [5, 5.41) is 3.65. The van der Waals surface area contributed by atoms with Crippen molar-refractivity contribution < 1.29 is 0 Å². The molecule has 0 aliphatic carbocycles. The fourth-order valence-electron chi connectivity index (χ4n) is 2.81. The van der Waals surface area contributed by atoms with Crippen LogP contribution in [0.3, 0.4) is 0 Å². The van der Waals surface area contributed by atoms with Gasteiger partial charge in [0, 0.05) is 37.9 Å². The molecule has 106 valence electrons. The van der Waals surface area contributed by atoms with Gasteiger partial charge in [-0.3, -0.25) is 4.90 Å². The Balaban J connectivity index is 2.09. The van der Waals surface area contributed by atoms with E-state index in [1.165, 1.54) is 6.42 Å². The van der Waals surface area contributed by atoms with Crippen LogP contribution in [0.5, 0.6) is 0 Å². The number of rotatable bonds is 4. The first-order valence-corrected chi connectivity index (χ1v) is 7.36. The predicted molar refractivity (Wildman–Crippen MR) is 77.9 cm³/mol. The molecule has 4 heteroatoms. The van der Waals surface area contributed by atoms with Crippen molar-refractivity contribution in [2.75, 3.05) is 13.1 Å². The van der Waals surface area contributed by atoms with Crippen LogP contribution in [0.25, 0.3) is 0 Å². The van der Waals surface area contributed by atoms with Crippen LogP contribution in [-0.2, 0) is 6.54 Å². The lowest BCUT2D eigenvalue weighted by Crippen LogP contribution is -2.57. The Kier molecular flexibility index (Phi) is 4.88. The topological polar surface area (TPSA) is 41.1 Å². The first kappa shape index (κ1) is 14.4. The number of hydrogen-bond donors (Lipinski definition) is 1. The third-order valence-corrected chi connectivity index (χ3v) is 4.00. The summed E-state index contributed by atoms with van der Waals surface area (Å²) in [5.41, 5.74) is 1.13. The average Bonchev–Trinajstić information content (AvgIpc) is 2.38. The third-order valence-electron chi connectivity index (χ3n) is 4.00. The zero-order chi connectivity index (χ0) is 13.8. The van der Waals surface area contributed by atoms with Crippen LogP contribution in [0.15, 0.2) is 12.3 Å².